The van der Waals surface area contributed by atoms with Gasteiger partial charge in [0, 0.05) is 11.8 Å². The summed E-state index contributed by atoms with van der Waals surface area (Å²) < 4.78 is 26.3. The molecular weight excluding hydrogens is 318 g/mol. The van der Waals surface area contributed by atoms with Gasteiger partial charge in [-0.3, -0.25) is 19.3 Å². The van der Waals surface area contributed by atoms with E-state index in [1.807, 2.05) is 12.2 Å². The van der Waals surface area contributed by atoms with Crippen LogP contribution in [-0.2, 0) is 14.4 Å². The van der Waals surface area contributed by atoms with Gasteiger partial charge >= 0.3 is 0 Å². The molecule has 1 saturated heterocycles. The number of likely N-dealkylation sites (tertiary alicyclic amines) is 1. The third-order valence-electron chi connectivity index (χ3n) is 5.01. The molecule has 0 aromatic heterocycles. The smallest absolute Gasteiger partial charge is 0.244 e. The number of carbonyl (C=O) groups is 3. The minimum Gasteiger partial charge on any atom is -0.324 e. The van der Waals surface area contributed by atoms with E-state index in [-0.39, 0.29) is 41.2 Å². The van der Waals surface area contributed by atoms with Crippen molar-refractivity contribution in [2.75, 3.05) is 11.9 Å². The molecule has 24 heavy (non-hydrogen) atoms. The fourth-order valence-electron chi connectivity index (χ4n) is 4.09. The van der Waals surface area contributed by atoms with Gasteiger partial charge in [0.1, 0.15) is 18.2 Å². The lowest BCUT2D eigenvalue weighted by atomic mass is 9.85. The van der Waals surface area contributed by atoms with E-state index in [1.54, 1.807) is 0 Å². The van der Waals surface area contributed by atoms with Gasteiger partial charge in [-0.15, -0.1) is 0 Å². The number of hydrogen-bond donors (Lipinski definition) is 1. The Morgan fingerprint density at radius 1 is 1.04 bits per heavy atom. The molecular formula is C17H14F2N2O3. The predicted octanol–water partition coefficient (Wildman–Crippen LogP) is 1.71. The van der Waals surface area contributed by atoms with Crippen LogP contribution in [0.15, 0.2) is 30.4 Å². The van der Waals surface area contributed by atoms with Gasteiger partial charge in [0.25, 0.3) is 0 Å². The van der Waals surface area contributed by atoms with Crippen molar-refractivity contribution in [3.05, 3.63) is 42.0 Å². The van der Waals surface area contributed by atoms with E-state index in [0.29, 0.717) is 6.07 Å². The van der Waals surface area contributed by atoms with Crippen LogP contribution in [0.3, 0.4) is 0 Å². The van der Waals surface area contributed by atoms with Crippen molar-refractivity contribution in [2.45, 2.75) is 6.42 Å². The van der Waals surface area contributed by atoms with E-state index < -0.39 is 24.1 Å². The summed E-state index contributed by atoms with van der Waals surface area (Å²) in [6, 6.07) is 2.62. The van der Waals surface area contributed by atoms with Gasteiger partial charge in [-0.25, -0.2) is 8.78 Å². The zero-order valence-corrected chi connectivity index (χ0v) is 12.5. The molecule has 7 heteroatoms. The molecule has 4 unspecified atom stereocenters. The quantitative estimate of drug-likeness (QED) is 0.677. The number of hydrogen-bond acceptors (Lipinski definition) is 3. The van der Waals surface area contributed by atoms with Gasteiger partial charge in [0.15, 0.2) is 0 Å². The topological polar surface area (TPSA) is 66.5 Å². The van der Waals surface area contributed by atoms with Crippen LogP contribution in [0.2, 0.25) is 0 Å². The van der Waals surface area contributed by atoms with Crippen molar-refractivity contribution in [1.82, 2.24) is 4.90 Å². The number of fused-ring (bicyclic) bond motifs is 5. The molecule has 1 aromatic rings. The number of nitrogens with one attached hydrogen (secondary N) is 1. The second-order valence-electron chi connectivity index (χ2n) is 6.47. The molecule has 4 atom stereocenters. The molecule has 0 spiro atoms. The molecule has 1 aliphatic heterocycles. The first kappa shape index (κ1) is 15.0. The number of anilines is 1. The maximum atomic E-state index is 13.1. The number of carbonyl (C=O) groups excluding carboxylic acids is 3. The number of rotatable bonds is 3. The highest BCUT2D eigenvalue weighted by molar-refractivity contribution is 6.09. The Labute approximate surface area is 136 Å². The van der Waals surface area contributed by atoms with Gasteiger partial charge in [-0.05, 0) is 30.4 Å². The van der Waals surface area contributed by atoms with Crippen molar-refractivity contribution in [2.24, 2.45) is 23.7 Å². The minimum absolute atomic E-state index is 0.0569. The zero-order chi connectivity index (χ0) is 17.0. The molecule has 2 fully saturated rings. The Morgan fingerprint density at radius 2 is 1.58 bits per heavy atom. The highest BCUT2D eigenvalue weighted by atomic mass is 19.1. The van der Waals surface area contributed by atoms with E-state index in [2.05, 4.69) is 5.32 Å². The largest absolute Gasteiger partial charge is 0.324 e. The summed E-state index contributed by atoms with van der Waals surface area (Å²) in [6.07, 6.45) is 4.75. The third-order valence-corrected chi connectivity index (χ3v) is 5.01. The highest BCUT2D eigenvalue weighted by Crippen LogP contribution is 2.52. The zero-order valence-electron chi connectivity index (χ0n) is 12.5. The molecule has 1 saturated carbocycles. The van der Waals surface area contributed by atoms with E-state index in [0.717, 1.165) is 23.5 Å². The van der Waals surface area contributed by atoms with Crippen LogP contribution in [0.5, 0.6) is 0 Å². The molecule has 3 amide bonds. The molecule has 1 N–H and O–H groups in total. The van der Waals surface area contributed by atoms with Crippen LogP contribution in [0.25, 0.3) is 0 Å². The van der Waals surface area contributed by atoms with Crippen molar-refractivity contribution in [3.8, 4) is 0 Å². The Morgan fingerprint density at radius 3 is 2.12 bits per heavy atom. The first-order valence-corrected chi connectivity index (χ1v) is 7.73. The molecule has 124 valence electrons. The molecule has 5 nitrogen and oxygen atoms in total. The summed E-state index contributed by atoms with van der Waals surface area (Å²) in [6.45, 7) is -0.442. The molecule has 2 bridgehead atoms. The van der Waals surface area contributed by atoms with E-state index in [4.69, 9.17) is 0 Å². The number of allylic oxidation sites excluding steroid dienone is 2. The van der Waals surface area contributed by atoms with Crippen LogP contribution in [-0.4, -0.2) is 29.2 Å². The number of imide groups is 1. The highest BCUT2D eigenvalue weighted by Gasteiger charge is 2.59. The van der Waals surface area contributed by atoms with Crippen molar-refractivity contribution in [1.29, 1.82) is 0 Å². The average molecular weight is 332 g/mol. The predicted molar refractivity (Wildman–Crippen MR) is 79.4 cm³/mol. The summed E-state index contributed by atoms with van der Waals surface area (Å²) in [5, 5.41) is 2.31. The normalized spacial score (nSPS) is 30.2. The molecule has 3 aliphatic rings. The van der Waals surface area contributed by atoms with Gasteiger partial charge in [0.2, 0.25) is 17.7 Å². The van der Waals surface area contributed by atoms with E-state index in [9.17, 15) is 23.2 Å². The summed E-state index contributed by atoms with van der Waals surface area (Å²) in [7, 11) is 0. The van der Waals surface area contributed by atoms with Crippen LogP contribution < -0.4 is 5.32 Å². The lowest BCUT2D eigenvalue weighted by Crippen LogP contribution is -2.39. The summed E-state index contributed by atoms with van der Waals surface area (Å²) in [5.41, 5.74) is -0.0569. The summed E-state index contributed by atoms with van der Waals surface area (Å²) in [5.74, 6) is -3.57. The van der Waals surface area contributed by atoms with E-state index in [1.165, 1.54) is 0 Å². The van der Waals surface area contributed by atoms with Gasteiger partial charge in [-0.2, -0.15) is 0 Å². The Kier molecular flexibility index (Phi) is 3.26. The van der Waals surface area contributed by atoms with Gasteiger partial charge < -0.3 is 5.32 Å². The SMILES string of the molecule is O=C(CN1C(=O)C2C3C=CC(C3)C2C1=O)Nc1cc(F)cc(F)c1. The number of benzene rings is 1. The standard InChI is InChI=1S/C17H14F2N2O3/c18-10-4-11(19)6-12(5-10)20-13(22)7-21-16(23)14-8-1-2-9(3-8)15(14)17(21)24/h1-2,4-6,8-9,14-15H,3,7H2,(H,20,22). The average Bonchev–Trinajstić information content (AvgIpc) is 3.16. The number of amides is 3. The fraction of sp³-hybridized carbons (Fsp3) is 0.353. The summed E-state index contributed by atoms with van der Waals surface area (Å²) in [4.78, 5) is 37.9. The monoisotopic (exact) mass is 332 g/mol. The molecule has 2 aliphatic carbocycles. The van der Waals surface area contributed by atoms with Crippen LogP contribution >= 0.6 is 0 Å². The minimum atomic E-state index is -0.823. The first-order chi connectivity index (χ1) is 11.4. The Balaban J connectivity index is 1.47. The third kappa shape index (κ3) is 2.23. The maximum Gasteiger partial charge on any atom is 0.244 e. The van der Waals surface area contributed by atoms with E-state index >= 15 is 0 Å². The lowest BCUT2D eigenvalue weighted by molar-refractivity contribution is -0.143. The van der Waals surface area contributed by atoms with Gasteiger partial charge in [0.05, 0.1) is 11.8 Å². The first-order valence-electron chi connectivity index (χ1n) is 7.73. The molecule has 1 aromatic carbocycles. The van der Waals surface area contributed by atoms with Crippen LogP contribution in [0, 0.1) is 35.3 Å². The Bertz CT molecular complexity index is 742. The second kappa shape index (κ2) is 5.22. The van der Waals surface area contributed by atoms with Gasteiger partial charge in [-0.1, -0.05) is 12.2 Å². The maximum absolute atomic E-state index is 13.1. The molecule has 0 radical (unpaired) electrons. The van der Waals surface area contributed by atoms with Crippen molar-refractivity contribution in [3.63, 3.8) is 0 Å². The van der Waals surface area contributed by atoms with Crippen molar-refractivity contribution < 1.29 is 23.2 Å². The Hall–Kier alpha value is -2.57. The lowest BCUT2D eigenvalue weighted by Gasteiger charge is -2.16. The number of halogens is 2. The van der Waals surface area contributed by atoms with Crippen molar-refractivity contribution >= 4 is 23.4 Å². The van der Waals surface area contributed by atoms with Crippen LogP contribution in [0.1, 0.15) is 6.42 Å². The molecule has 4 rings (SSSR count). The second-order valence-corrected chi connectivity index (χ2v) is 6.47. The van der Waals surface area contributed by atoms with Crippen LogP contribution in [0.4, 0.5) is 14.5 Å². The summed E-state index contributed by atoms with van der Waals surface area (Å²) >= 11 is 0. The number of nitrogens with zero attached hydrogens (tertiary/aromatic N) is 1. The molecule has 1 heterocycles. The fourth-order valence-corrected chi connectivity index (χ4v) is 4.09.